The molecule has 0 spiro atoms. The minimum absolute atomic E-state index is 0.0663. The lowest BCUT2D eigenvalue weighted by Crippen LogP contribution is -2.42. The Morgan fingerprint density at radius 1 is 1.17 bits per heavy atom. The van der Waals surface area contributed by atoms with Gasteiger partial charge in [-0.1, -0.05) is 35.9 Å². The van der Waals surface area contributed by atoms with Gasteiger partial charge in [0.1, 0.15) is 0 Å². The van der Waals surface area contributed by atoms with Crippen molar-refractivity contribution in [2.45, 2.75) is 42.0 Å². The largest absolute Gasteiger partial charge is 0.293 e. The SMILES string of the molecule is Cc1ccc(S(=O)(=O)c2cnc3c(CN4CCCC(F)(F)C4)cccc3c2)cc1Cl. The van der Waals surface area contributed by atoms with Crippen LogP contribution >= 0.6 is 11.6 Å². The molecule has 1 aliphatic heterocycles. The number of rotatable bonds is 4. The number of pyridine rings is 1. The number of piperidine rings is 1. The molecule has 1 fully saturated rings. The van der Waals surface area contributed by atoms with Crippen molar-refractivity contribution in [2.24, 2.45) is 0 Å². The number of likely N-dealkylation sites (tertiary alicyclic amines) is 1. The number of para-hydroxylation sites is 1. The van der Waals surface area contributed by atoms with Crippen LogP contribution in [0.3, 0.4) is 0 Å². The lowest BCUT2D eigenvalue weighted by atomic mass is 10.0. The molecule has 1 saturated heterocycles. The first-order valence-corrected chi connectivity index (χ1v) is 11.5. The number of halogens is 3. The smallest absolute Gasteiger partial charge is 0.260 e. The van der Waals surface area contributed by atoms with Gasteiger partial charge < -0.3 is 0 Å². The van der Waals surface area contributed by atoms with E-state index in [0.29, 0.717) is 35.4 Å². The number of fused-ring (bicyclic) bond motifs is 1. The van der Waals surface area contributed by atoms with E-state index in [2.05, 4.69) is 4.98 Å². The van der Waals surface area contributed by atoms with E-state index >= 15 is 0 Å². The number of hydrogen-bond donors (Lipinski definition) is 0. The fourth-order valence-electron chi connectivity index (χ4n) is 3.78. The summed E-state index contributed by atoms with van der Waals surface area (Å²) in [5.41, 5.74) is 2.21. The normalized spacial score (nSPS) is 17.3. The van der Waals surface area contributed by atoms with Gasteiger partial charge in [0.25, 0.3) is 5.92 Å². The number of hydrogen-bond acceptors (Lipinski definition) is 4. The predicted molar refractivity (Wildman–Crippen MR) is 113 cm³/mol. The van der Waals surface area contributed by atoms with Crippen molar-refractivity contribution in [1.82, 2.24) is 9.88 Å². The molecule has 158 valence electrons. The summed E-state index contributed by atoms with van der Waals surface area (Å²) in [6.07, 6.45) is 1.69. The summed E-state index contributed by atoms with van der Waals surface area (Å²) in [6.45, 7) is 2.48. The van der Waals surface area contributed by atoms with E-state index in [0.717, 1.165) is 11.1 Å². The number of benzene rings is 2. The summed E-state index contributed by atoms with van der Waals surface area (Å²) in [5, 5.41) is 1.03. The fraction of sp³-hybridized carbons (Fsp3) is 0.318. The Morgan fingerprint density at radius 2 is 1.97 bits per heavy atom. The van der Waals surface area contributed by atoms with Gasteiger partial charge in [-0.15, -0.1) is 0 Å². The topological polar surface area (TPSA) is 50.3 Å². The number of sulfone groups is 1. The van der Waals surface area contributed by atoms with Crippen molar-refractivity contribution in [1.29, 1.82) is 0 Å². The van der Waals surface area contributed by atoms with E-state index in [1.807, 2.05) is 6.07 Å². The molecule has 2 aromatic carbocycles. The molecule has 8 heteroatoms. The molecule has 0 unspecified atom stereocenters. The van der Waals surface area contributed by atoms with Gasteiger partial charge in [-0.3, -0.25) is 9.88 Å². The van der Waals surface area contributed by atoms with E-state index in [4.69, 9.17) is 11.6 Å². The summed E-state index contributed by atoms with van der Waals surface area (Å²) in [5.74, 6) is -2.67. The van der Waals surface area contributed by atoms with Crippen LogP contribution in [0.4, 0.5) is 8.78 Å². The zero-order valence-electron chi connectivity index (χ0n) is 16.4. The Balaban J connectivity index is 1.68. The Kier molecular flexibility index (Phi) is 5.55. The quantitative estimate of drug-likeness (QED) is 0.544. The second-order valence-electron chi connectivity index (χ2n) is 7.74. The molecule has 4 rings (SSSR count). The van der Waals surface area contributed by atoms with Crippen LogP contribution in [0.2, 0.25) is 5.02 Å². The number of aromatic nitrogens is 1. The van der Waals surface area contributed by atoms with Gasteiger partial charge in [-0.25, -0.2) is 17.2 Å². The van der Waals surface area contributed by atoms with Crippen molar-refractivity contribution < 1.29 is 17.2 Å². The Hall–Kier alpha value is -2.09. The van der Waals surface area contributed by atoms with Crippen LogP contribution in [0.15, 0.2) is 58.5 Å². The average Bonchev–Trinajstić information content (AvgIpc) is 2.69. The van der Waals surface area contributed by atoms with Gasteiger partial charge in [0.2, 0.25) is 9.84 Å². The summed E-state index contributed by atoms with van der Waals surface area (Å²) >= 11 is 6.10. The average molecular weight is 451 g/mol. The third kappa shape index (κ3) is 4.19. The minimum atomic E-state index is -3.78. The standard InChI is InChI=1S/C22H21ClF2N2O2S/c1-15-6-7-18(11-20(15)23)30(28,29)19-10-16-4-2-5-17(21(16)26-12-19)13-27-9-3-8-22(24,25)14-27/h2,4-7,10-12H,3,8-9,13-14H2,1H3. The van der Waals surface area contributed by atoms with Crippen molar-refractivity contribution in [3.05, 3.63) is 64.8 Å². The zero-order chi connectivity index (χ0) is 21.5. The fourth-order valence-corrected chi connectivity index (χ4v) is 5.29. The first-order chi connectivity index (χ1) is 14.2. The molecule has 1 aromatic heterocycles. The van der Waals surface area contributed by atoms with Crippen molar-refractivity contribution in [3.8, 4) is 0 Å². The Morgan fingerprint density at radius 3 is 2.70 bits per heavy atom. The third-order valence-corrected chi connectivity index (χ3v) is 7.52. The molecule has 0 atom stereocenters. The molecule has 0 N–H and O–H groups in total. The van der Waals surface area contributed by atoms with E-state index in [1.54, 1.807) is 36.1 Å². The lowest BCUT2D eigenvalue weighted by Gasteiger charge is -2.32. The van der Waals surface area contributed by atoms with Crippen LogP contribution in [-0.2, 0) is 16.4 Å². The van der Waals surface area contributed by atoms with E-state index in [-0.39, 0.29) is 22.8 Å². The highest BCUT2D eigenvalue weighted by molar-refractivity contribution is 7.91. The molecule has 0 bridgehead atoms. The second-order valence-corrected chi connectivity index (χ2v) is 10.1. The summed E-state index contributed by atoms with van der Waals surface area (Å²) in [4.78, 5) is 6.28. The van der Waals surface area contributed by atoms with Crippen LogP contribution in [0.1, 0.15) is 24.0 Å². The first-order valence-electron chi connectivity index (χ1n) is 9.65. The van der Waals surface area contributed by atoms with Crippen LogP contribution in [-0.4, -0.2) is 37.3 Å². The molecule has 2 heterocycles. The maximum absolute atomic E-state index is 13.7. The molecule has 3 aromatic rings. The number of nitrogens with zero attached hydrogens (tertiary/aromatic N) is 2. The molecule has 0 amide bonds. The molecule has 0 saturated carbocycles. The lowest BCUT2D eigenvalue weighted by molar-refractivity contribution is -0.0660. The zero-order valence-corrected chi connectivity index (χ0v) is 18.0. The van der Waals surface area contributed by atoms with Gasteiger partial charge >= 0.3 is 0 Å². The third-order valence-electron chi connectivity index (χ3n) is 5.40. The Bertz CT molecular complexity index is 1210. The monoisotopic (exact) mass is 450 g/mol. The van der Waals surface area contributed by atoms with Crippen LogP contribution in [0, 0.1) is 6.92 Å². The number of alkyl halides is 2. The molecular weight excluding hydrogens is 430 g/mol. The maximum Gasteiger partial charge on any atom is 0.260 e. The molecule has 0 radical (unpaired) electrons. The molecule has 0 aliphatic carbocycles. The highest BCUT2D eigenvalue weighted by Crippen LogP contribution is 2.30. The number of aryl methyl sites for hydroxylation is 1. The van der Waals surface area contributed by atoms with Crippen LogP contribution < -0.4 is 0 Å². The van der Waals surface area contributed by atoms with Gasteiger partial charge in [-0.05, 0) is 49.2 Å². The maximum atomic E-state index is 13.7. The predicted octanol–water partition coefficient (Wildman–Crippen LogP) is 5.26. The van der Waals surface area contributed by atoms with Gasteiger partial charge in [0.05, 0.1) is 21.9 Å². The van der Waals surface area contributed by atoms with Gasteiger partial charge in [-0.2, -0.15) is 0 Å². The summed E-state index contributed by atoms with van der Waals surface area (Å²) in [7, 11) is -3.78. The van der Waals surface area contributed by atoms with Gasteiger partial charge in [0, 0.05) is 29.6 Å². The first kappa shape index (κ1) is 21.2. The molecule has 1 aliphatic rings. The van der Waals surface area contributed by atoms with Crippen molar-refractivity contribution >= 4 is 32.3 Å². The van der Waals surface area contributed by atoms with Crippen molar-refractivity contribution in [2.75, 3.05) is 13.1 Å². The highest BCUT2D eigenvalue weighted by atomic mass is 35.5. The molecule has 30 heavy (non-hydrogen) atoms. The van der Waals surface area contributed by atoms with E-state index in [1.165, 1.54) is 18.3 Å². The van der Waals surface area contributed by atoms with Crippen molar-refractivity contribution in [3.63, 3.8) is 0 Å². The molecule has 4 nitrogen and oxygen atoms in total. The van der Waals surface area contributed by atoms with E-state index in [9.17, 15) is 17.2 Å². The summed E-state index contributed by atoms with van der Waals surface area (Å²) in [6, 6.07) is 11.6. The Labute approximate surface area is 179 Å². The van der Waals surface area contributed by atoms with E-state index < -0.39 is 15.8 Å². The van der Waals surface area contributed by atoms with Gasteiger partial charge in [0.15, 0.2) is 0 Å². The molecular formula is C22H21ClF2N2O2S. The second kappa shape index (κ2) is 7.87. The minimum Gasteiger partial charge on any atom is -0.293 e. The highest BCUT2D eigenvalue weighted by Gasteiger charge is 2.35. The summed E-state index contributed by atoms with van der Waals surface area (Å²) < 4.78 is 53.5. The van der Waals surface area contributed by atoms with Crippen LogP contribution in [0.25, 0.3) is 10.9 Å². The van der Waals surface area contributed by atoms with Crippen LogP contribution in [0.5, 0.6) is 0 Å².